The Labute approximate surface area is 264 Å². The third-order valence-corrected chi connectivity index (χ3v) is 8.33. The smallest absolute Gasteiger partial charge is 0.242 e. The molecule has 2 unspecified atom stereocenters. The van der Waals surface area contributed by atoms with Gasteiger partial charge in [0.15, 0.2) is 0 Å². The fourth-order valence-corrected chi connectivity index (χ4v) is 5.72. The number of hydrogen-bond acceptors (Lipinski definition) is 5. The summed E-state index contributed by atoms with van der Waals surface area (Å²) in [6.45, 7) is 7.55. The maximum absolute atomic E-state index is 13.7. The van der Waals surface area contributed by atoms with Crippen molar-refractivity contribution >= 4 is 11.8 Å². The predicted molar refractivity (Wildman–Crippen MR) is 177 cm³/mol. The fourth-order valence-electron chi connectivity index (χ4n) is 5.72. The molecule has 1 aliphatic rings. The number of hydrogen-bond donors (Lipinski definition) is 2. The summed E-state index contributed by atoms with van der Waals surface area (Å²) in [4.78, 5) is 31.5. The van der Waals surface area contributed by atoms with E-state index in [1.807, 2.05) is 79.7 Å². The summed E-state index contributed by atoms with van der Waals surface area (Å²) in [7, 11) is 3.85. The zero-order valence-electron chi connectivity index (χ0n) is 26.9. The number of nitrogens with one attached hydrogen (secondary N) is 2. The summed E-state index contributed by atoms with van der Waals surface area (Å²) in [6, 6.07) is 27.9. The minimum atomic E-state index is -0.603. The van der Waals surface area contributed by atoms with Crippen LogP contribution in [0.1, 0.15) is 56.2 Å². The number of rotatable bonds is 15. The number of benzene rings is 3. The molecule has 4 rings (SSSR count). The van der Waals surface area contributed by atoms with Crippen LogP contribution in [0, 0.1) is 5.92 Å². The molecule has 0 spiro atoms. The summed E-state index contributed by atoms with van der Waals surface area (Å²) >= 11 is 0. The molecular weight excluding hydrogens is 548 g/mol. The van der Waals surface area contributed by atoms with E-state index in [4.69, 9.17) is 4.74 Å². The molecule has 44 heavy (non-hydrogen) atoms. The van der Waals surface area contributed by atoms with Crippen molar-refractivity contribution in [1.29, 1.82) is 0 Å². The molecule has 1 fully saturated rings. The van der Waals surface area contributed by atoms with Crippen molar-refractivity contribution in [2.75, 3.05) is 27.2 Å². The first-order valence-electron chi connectivity index (χ1n) is 16.1. The first kappa shape index (κ1) is 33.2. The van der Waals surface area contributed by atoms with Gasteiger partial charge in [-0.2, -0.15) is 0 Å². The largest absolute Gasteiger partial charge is 0.489 e. The Morgan fingerprint density at radius 3 is 2.05 bits per heavy atom. The average Bonchev–Trinajstić information content (AvgIpc) is 3.03. The van der Waals surface area contributed by atoms with E-state index in [9.17, 15) is 9.59 Å². The van der Waals surface area contributed by atoms with Gasteiger partial charge in [-0.1, -0.05) is 86.6 Å². The van der Waals surface area contributed by atoms with E-state index in [0.717, 1.165) is 55.8 Å². The number of carbonyl (C=O) groups excluding carboxylic acids is 2. The van der Waals surface area contributed by atoms with Crippen LogP contribution in [0.2, 0.25) is 0 Å². The van der Waals surface area contributed by atoms with Crippen LogP contribution in [-0.2, 0) is 29.2 Å². The third-order valence-electron chi connectivity index (χ3n) is 8.33. The van der Waals surface area contributed by atoms with Gasteiger partial charge in [0.2, 0.25) is 11.8 Å². The molecule has 3 aromatic carbocycles. The second kappa shape index (κ2) is 17.0. The Kier molecular flexibility index (Phi) is 12.8. The lowest BCUT2D eigenvalue weighted by molar-refractivity contribution is -0.132. The molecule has 0 bridgehead atoms. The van der Waals surface area contributed by atoms with E-state index in [2.05, 4.69) is 53.6 Å². The lowest BCUT2D eigenvalue weighted by atomic mass is 9.99. The Bertz CT molecular complexity index is 1270. The number of ether oxygens (including phenoxy) is 1. The number of piperidine rings is 1. The minimum Gasteiger partial charge on any atom is -0.489 e. The van der Waals surface area contributed by atoms with Crippen LogP contribution in [-0.4, -0.2) is 66.9 Å². The summed E-state index contributed by atoms with van der Waals surface area (Å²) in [5.41, 5.74) is 3.53. The number of likely N-dealkylation sites (N-methyl/N-ethyl adjacent to an activating group) is 1. The molecule has 2 amide bonds. The van der Waals surface area contributed by atoms with Crippen molar-refractivity contribution in [3.63, 3.8) is 0 Å². The minimum absolute atomic E-state index is 0.0915. The van der Waals surface area contributed by atoms with Crippen molar-refractivity contribution in [3.05, 3.63) is 102 Å². The molecule has 0 aromatic heterocycles. The molecular formula is C37H50N4O3. The Hall–Kier alpha value is -3.68. The van der Waals surface area contributed by atoms with Gasteiger partial charge in [-0.05, 0) is 80.9 Å². The van der Waals surface area contributed by atoms with E-state index in [0.29, 0.717) is 25.4 Å². The molecule has 7 heteroatoms. The second-order valence-corrected chi connectivity index (χ2v) is 12.7. The van der Waals surface area contributed by atoms with Crippen LogP contribution < -0.4 is 15.4 Å². The number of carbonyl (C=O) groups is 2. The molecule has 0 radical (unpaired) electrons. The van der Waals surface area contributed by atoms with E-state index >= 15 is 0 Å². The Morgan fingerprint density at radius 2 is 1.45 bits per heavy atom. The number of likely N-dealkylation sites (tertiary alicyclic amines) is 1. The monoisotopic (exact) mass is 598 g/mol. The van der Waals surface area contributed by atoms with Gasteiger partial charge >= 0.3 is 0 Å². The van der Waals surface area contributed by atoms with Gasteiger partial charge < -0.3 is 15.4 Å². The molecule has 3 aromatic rings. The Balaban J connectivity index is 1.34. The van der Waals surface area contributed by atoms with Gasteiger partial charge in [0, 0.05) is 25.7 Å². The first-order valence-corrected chi connectivity index (χ1v) is 16.1. The molecule has 7 nitrogen and oxygen atoms in total. The van der Waals surface area contributed by atoms with Crippen molar-refractivity contribution in [2.24, 2.45) is 5.92 Å². The van der Waals surface area contributed by atoms with Gasteiger partial charge in [-0.3, -0.25) is 19.4 Å². The fraction of sp³-hybridized carbons (Fsp3) is 0.459. The van der Waals surface area contributed by atoms with Crippen LogP contribution in [0.5, 0.6) is 5.75 Å². The Morgan fingerprint density at radius 1 is 0.841 bits per heavy atom. The van der Waals surface area contributed by atoms with Crippen molar-refractivity contribution in [3.8, 4) is 5.75 Å². The highest BCUT2D eigenvalue weighted by Gasteiger charge is 2.29. The third kappa shape index (κ3) is 10.8. The van der Waals surface area contributed by atoms with Crippen LogP contribution in [0.25, 0.3) is 0 Å². The lowest BCUT2D eigenvalue weighted by Gasteiger charge is -2.33. The van der Waals surface area contributed by atoms with Crippen LogP contribution in [0.15, 0.2) is 84.9 Å². The van der Waals surface area contributed by atoms with E-state index < -0.39 is 6.04 Å². The maximum atomic E-state index is 13.7. The van der Waals surface area contributed by atoms with E-state index in [-0.39, 0.29) is 23.9 Å². The zero-order valence-corrected chi connectivity index (χ0v) is 26.9. The molecule has 0 saturated carbocycles. The zero-order chi connectivity index (χ0) is 31.3. The van der Waals surface area contributed by atoms with Crippen molar-refractivity contribution < 1.29 is 14.3 Å². The molecule has 0 aliphatic carbocycles. The molecule has 1 aliphatic heterocycles. The van der Waals surface area contributed by atoms with Crippen LogP contribution >= 0.6 is 0 Å². The maximum Gasteiger partial charge on any atom is 0.242 e. The molecule has 1 saturated heterocycles. The molecule has 236 valence electrons. The summed E-state index contributed by atoms with van der Waals surface area (Å²) in [5.74, 6) is 0.987. The predicted octanol–water partition coefficient (Wildman–Crippen LogP) is 5.44. The SMILES string of the molecule is CC(C)CC(C(=O)NC(CCc1ccc(OCc2ccccc2)cc1)C(=O)NC1CCN(Cc2ccccc2)CC1)N(C)C. The topological polar surface area (TPSA) is 73.9 Å². The molecule has 1 heterocycles. The van der Waals surface area contributed by atoms with Crippen LogP contribution in [0.4, 0.5) is 0 Å². The number of aryl methyl sites for hydroxylation is 1. The van der Waals surface area contributed by atoms with Gasteiger partial charge in [-0.15, -0.1) is 0 Å². The molecule has 2 atom stereocenters. The van der Waals surface area contributed by atoms with E-state index in [1.54, 1.807) is 0 Å². The molecule has 2 N–H and O–H groups in total. The average molecular weight is 599 g/mol. The second-order valence-electron chi connectivity index (χ2n) is 12.7. The normalized spacial score (nSPS) is 15.6. The van der Waals surface area contributed by atoms with Gasteiger partial charge in [-0.25, -0.2) is 0 Å². The first-order chi connectivity index (χ1) is 21.3. The van der Waals surface area contributed by atoms with Gasteiger partial charge in [0.05, 0.1) is 6.04 Å². The van der Waals surface area contributed by atoms with Crippen LogP contribution in [0.3, 0.4) is 0 Å². The van der Waals surface area contributed by atoms with E-state index in [1.165, 1.54) is 5.56 Å². The van der Waals surface area contributed by atoms with Gasteiger partial charge in [0.25, 0.3) is 0 Å². The summed E-state index contributed by atoms with van der Waals surface area (Å²) in [6.07, 6.45) is 3.73. The number of nitrogens with zero attached hydrogens (tertiary/aromatic N) is 2. The van der Waals surface area contributed by atoms with Gasteiger partial charge in [0.1, 0.15) is 18.4 Å². The lowest BCUT2D eigenvalue weighted by Crippen LogP contribution is -2.55. The number of amides is 2. The highest BCUT2D eigenvalue weighted by molar-refractivity contribution is 5.90. The highest BCUT2D eigenvalue weighted by Crippen LogP contribution is 2.18. The summed E-state index contributed by atoms with van der Waals surface area (Å²) < 4.78 is 5.94. The van der Waals surface area contributed by atoms with Crippen molar-refractivity contribution in [2.45, 2.75) is 77.2 Å². The summed E-state index contributed by atoms with van der Waals surface area (Å²) in [5, 5.41) is 6.41. The highest BCUT2D eigenvalue weighted by atomic mass is 16.5. The standard InChI is InChI=1S/C37H50N4O3/c1-28(2)25-35(40(3)4)37(43)39-34(20-17-29-15-18-33(19-16-29)44-27-31-13-9-6-10-14-31)36(42)38-32-21-23-41(24-22-32)26-30-11-7-5-8-12-30/h5-16,18-19,28,32,34-35H,17,20-27H2,1-4H3,(H,38,42)(H,39,43). The van der Waals surface area contributed by atoms with Crippen molar-refractivity contribution in [1.82, 2.24) is 20.4 Å². The quantitative estimate of drug-likeness (QED) is 0.244.